The van der Waals surface area contributed by atoms with Crippen LogP contribution in [-0.4, -0.2) is 0 Å². The van der Waals surface area contributed by atoms with E-state index in [1.165, 1.54) is 0 Å². The molecule has 7 heavy (non-hydrogen) atoms. The molecule has 0 amide bonds. The molecule has 0 bridgehead atoms. The van der Waals surface area contributed by atoms with Crippen LogP contribution in [0.15, 0.2) is 0 Å². The maximum absolute atomic E-state index is 0. The second kappa shape index (κ2) is 47.3. The van der Waals surface area contributed by atoms with Crippen LogP contribution in [0.5, 0.6) is 0 Å². The normalized spacial score (nSPS) is 0. The minimum absolute atomic E-state index is 0. The fraction of sp³-hybridized carbons (Fsp3) is 0. The molecule has 0 aliphatic carbocycles. The standard InChI is InChI=1S/4ClH.K.Na.Zn/h4*1H;;;/q;;;;2*+1;+2/p-4. The van der Waals surface area contributed by atoms with Crippen molar-refractivity contribution < 1.29 is 150 Å². The molecule has 7 heteroatoms. The first-order chi connectivity index (χ1) is 0. The Morgan fingerprint density at radius 2 is 0.571 bits per heavy atom. The Labute approximate surface area is 146 Å². The Morgan fingerprint density at radius 1 is 0.571 bits per heavy atom. The van der Waals surface area contributed by atoms with Gasteiger partial charge < -0.3 is 49.6 Å². The third kappa shape index (κ3) is 37.8. The molecule has 0 fully saturated rings. The fourth-order valence-electron chi connectivity index (χ4n) is 0. The number of hydrogen-bond donors (Lipinski definition) is 0. The summed E-state index contributed by atoms with van der Waals surface area (Å²) in [6.07, 6.45) is 0. The SMILES string of the molecule is [Cl-].[Cl-].[Cl-].[Cl-].[K+].[Na+].[Zn+2]. The maximum atomic E-state index is 0. The van der Waals surface area contributed by atoms with Crippen LogP contribution in [0.2, 0.25) is 0 Å². The van der Waals surface area contributed by atoms with Gasteiger partial charge in [0.25, 0.3) is 0 Å². The van der Waals surface area contributed by atoms with Crippen molar-refractivity contribution in [2.75, 3.05) is 0 Å². The van der Waals surface area contributed by atoms with Crippen LogP contribution in [0, 0.1) is 0 Å². The van der Waals surface area contributed by atoms with Gasteiger partial charge in [-0.3, -0.25) is 0 Å². The van der Waals surface area contributed by atoms with E-state index >= 15 is 0 Å². The van der Waals surface area contributed by atoms with Gasteiger partial charge in [-0.15, -0.1) is 0 Å². The first-order valence-corrected chi connectivity index (χ1v) is 0. The third-order valence-corrected chi connectivity index (χ3v) is 0. The summed E-state index contributed by atoms with van der Waals surface area (Å²) in [6.45, 7) is 0. The van der Waals surface area contributed by atoms with Crippen LogP contribution in [0.25, 0.3) is 0 Å². The van der Waals surface area contributed by atoms with Crippen molar-refractivity contribution >= 4 is 0 Å². The summed E-state index contributed by atoms with van der Waals surface area (Å²) >= 11 is 0. The summed E-state index contributed by atoms with van der Waals surface area (Å²) in [5.74, 6) is 0. The largest absolute Gasteiger partial charge is 2.00 e. The van der Waals surface area contributed by atoms with Crippen LogP contribution >= 0.6 is 0 Å². The minimum Gasteiger partial charge on any atom is -1.00 e. The monoisotopic (exact) mass is 266 g/mol. The molecule has 0 aromatic heterocycles. The van der Waals surface area contributed by atoms with E-state index < -0.39 is 0 Å². The summed E-state index contributed by atoms with van der Waals surface area (Å²) in [7, 11) is 0. The molecule has 0 unspecified atom stereocenters. The van der Waals surface area contributed by atoms with Crippen molar-refractivity contribution in [2.24, 2.45) is 0 Å². The number of rotatable bonds is 0. The predicted molar refractivity (Wildman–Crippen MR) is 0 cm³/mol. The quantitative estimate of drug-likeness (QED) is 0.383. The summed E-state index contributed by atoms with van der Waals surface area (Å²) < 4.78 is 0. The molecule has 0 nitrogen and oxygen atoms in total. The fourth-order valence-corrected chi connectivity index (χ4v) is 0. The van der Waals surface area contributed by atoms with E-state index in [9.17, 15) is 0 Å². The number of halogens is 4. The zero-order chi connectivity index (χ0) is 0. The average Bonchev–Trinajstić information content (AvgIpc) is 0. The van der Waals surface area contributed by atoms with Crippen LogP contribution in [-0.2, 0) is 19.5 Å². The molecular weight excluding hydrogens is 269 g/mol. The average molecular weight is 269 g/mol. The van der Waals surface area contributed by atoms with Crippen molar-refractivity contribution in [1.82, 2.24) is 0 Å². The molecule has 0 spiro atoms. The summed E-state index contributed by atoms with van der Waals surface area (Å²) in [4.78, 5) is 0. The Hall–Kier alpha value is 4.42. The van der Waals surface area contributed by atoms with Crippen LogP contribution in [0.4, 0.5) is 0 Å². The van der Waals surface area contributed by atoms with E-state index in [0.717, 1.165) is 0 Å². The zero-order valence-corrected chi connectivity index (χ0v) is 15.3. The molecule has 0 aromatic carbocycles. The van der Waals surface area contributed by atoms with Gasteiger partial charge in [0.15, 0.2) is 0 Å². The first kappa shape index (κ1) is 63.5. The van der Waals surface area contributed by atoms with Crippen molar-refractivity contribution in [3.8, 4) is 0 Å². The van der Waals surface area contributed by atoms with E-state index in [0.29, 0.717) is 0 Å². The Kier molecular flexibility index (Phi) is 429. The van der Waals surface area contributed by atoms with E-state index in [2.05, 4.69) is 0 Å². The molecule has 0 N–H and O–H groups in total. The van der Waals surface area contributed by atoms with Gasteiger partial charge in [0.2, 0.25) is 0 Å². The molecule has 0 rings (SSSR count). The molecule has 0 atom stereocenters. The van der Waals surface area contributed by atoms with Crippen molar-refractivity contribution in [2.45, 2.75) is 0 Å². The van der Waals surface area contributed by atoms with Crippen molar-refractivity contribution in [3.05, 3.63) is 0 Å². The van der Waals surface area contributed by atoms with E-state index in [1.54, 1.807) is 0 Å². The number of hydrogen-bond acceptors (Lipinski definition) is 0. The van der Waals surface area contributed by atoms with Crippen molar-refractivity contribution in [1.29, 1.82) is 0 Å². The molecule has 0 radical (unpaired) electrons. The van der Waals surface area contributed by atoms with E-state index in [-0.39, 0.29) is 150 Å². The maximum Gasteiger partial charge on any atom is 2.00 e. The smallest absolute Gasteiger partial charge is 1.00 e. The topological polar surface area (TPSA) is 0 Å². The molecule has 32 valence electrons. The molecule has 0 heterocycles. The van der Waals surface area contributed by atoms with Gasteiger partial charge >= 0.3 is 100 Å². The van der Waals surface area contributed by atoms with Crippen LogP contribution in [0.3, 0.4) is 0 Å². The zero-order valence-electron chi connectivity index (χ0n) is 4.22. The summed E-state index contributed by atoms with van der Waals surface area (Å²) in [5.41, 5.74) is 0. The van der Waals surface area contributed by atoms with E-state index in [4.69, 9.17) is 0 Å². The molecular formula is Cl4KNaZn. The van der Waals surface area contributed by atoms with Crippen molar-refractivity contribution in [3.63, 3.8) is 0 Å². The van der Waals surface area contributed by atoms with Crippen LogP contribution in [0.1, 0.15) is 0 Å². The molecule has 0 saturated carbocycles. The van der Waals surface area contributed by atoms with Gasteiger partial charge in [-0.1, -0.05) is 0 Å². The molecule has 0 saturated heterocycles. The second-order valence-electron chi connectivity index (χ2n) is 0. The Bertz CT molecular complexity index is 11.7. The van der Waals surface area contributed by atoms with Gasteiger partial charge in [-0.05, 0) is 0 Å². The van der Waals surface area contributed by atoms with Gasteiger partial charge in [0, 0.05) is 0 Å². The minimum atomic E-state index is 0. The van der Waals surface area contributed by atoms with E-state index in [1.807, 2.05) is 0 Å². The van der Waals surface area contributed by atoms with Gasteiger partial charge in [0.05, 0.1) is 0 Å². The molecule has 0 aromatic rings. The first-order valence-electron chi connectivity index (χ1n) is 0. The van der Waals surface area contributed by atoms with Gasteiger partial charge in [-0.25, -0.2) is 0 Å². The van der Waals surface area contributed by atoms with Crippen LogP contribution < -0.4 is 131 Å². The summed E-state index contributed by atoms with van der Waals surface area (Å²) in [5, 5.41) is 0. The Balaban J connectivity index is 0. The van der Waals surface area contributed by atoms with Gasteiger partial charge in [0.1, 0.15) is 0 Å². The summed E-state index contributed by atoms with van der Waals surface area (Å²) in [6, 6.07) is 0. The second-order valence-corrected chi connectivity index (χ2v) is 0. The third-order valence-electron chi connectivity index (χ3n) is 0. The molecule has 0 aliphatic rings. The van der Waals surface area contributed by atoms with Gasteiger partial charge in [-0.2, -0.15) is 0 Å². The predicted octanol–water partition coefficient (Wildman–Crippen LogP) is -18.0. The molecule has 0 aliphatic heterocycles. The Morgan fingerprint density at radius 3 is 0.571 bits per heavy atom.